The first-order valence-electron chi connectivity index (χ1n) is 6.50. The Morgan fingerprint density at radius 2 is 2.37 bits per heavy atom. The van der Waals surface area contributed by atoms with E-state index < -0.39 is 0 Å². The Labute approximate surface area is 115 Å². The molecule has 2 aromatic rings. The van der Waals surface area contributed by atoms with E-state index in [0.717, 1.165) is 41.8 Å². The van der Waals surface area contributed by atoms with Crippen LogP contribution in [0.1, 0.15) is 29.1 Å². The van der Waals surface area contributed by atoms with E-state index in [0.29, 0.717) is 5.01 Å². The van der Waals surface area contributed by atoms with Gasteiger partial charge in [0.1, 0.15) is 5.75 Å². The van der Waals surface area contributed by atoms with Gasteiger partial charge >= 0.3 is 0 Å². The number of carbonyl (C=O) groups is 1. The molecule has 1 aliphatic rings. The van der Waals surface area contributed by atoms with Crippen LogP contribution in [0.15, 0.2) is 18.2 Å². The monoisotopic (exact) mass is 276 g/mol. The molecule has 0 spiro atoms. The molecule has 1 saturated heterocycles. The minimum absolute atomic E-state index is 0.0591. The van der Waals surface area contributed by atoms with E-state index in [-0.39, 0.29) is 11.8 Å². The number of piperidine rings is 1. The van der Waals surface area contributed by atoms with Crippen LogP contribution in [0.25, 0.3) is 10.2 Å². The molecule has 0 amide bonds. The van der Waals surface area contributed by atoms with E-state index in [9.17, 15) is 4.79 Å². The van der Waals surface area contributed by atoms with Crippen molar-refractivity contribution in [3.05, 3.63) is 23.2 Å². The standard InChI is InChI=1S/C14H16N2O2S/c1-18-9-5-6-10-12(8-9)19-14(16-10)13(17)11-4-2-3-7-15-11/h5-6,8,11,15H,2-4,7H2,1H3. The number of ether oxygens (including phenoxy) is 1. The predicted octanol–water partition coefficient (Wildman–Crippen LogP) is 2.63. The number of fused-ring (bicyclic) bond motifs is 1. The SMILES string of the molecule is COc1ccc2nc(C(=O)C3CCCCN3)sc2c1. The van der Waals surface area contributed by atoms with Crippen LogP contribution in [0, 0.1) is 0 Å². The Hall–Kier alpha value is -1.46. The van der Waals surface area contributed by atoms with Crippen molar-refractivity contribution in [2.75, 3.05) is 13.7 Å². The molecule has 1 N–H and O–H groups in total. The summed E-state index contributed by atoms with van der Waals surface area (Å²) >= 11 is 1.45. The zero-order valence-corrected chi connectivity index (χ0v) is 11.6. The van der Waals surface area contributed by atoms with E-state index in [1.807, 2.05) is 18.2 Å². The van der Waals surface area contributed by atoms with Gasteiger partial charge in [-0.1, -0.05) is 6.42 Å². The molecule has 0 radical (unpaired) electrons. The van der Waals surface area contributed by atoms with Gasteiger partial charge in [0.15, 0.2) is 5.01 Å². The Morgan fingerprint density at radius 3 is 3.11 bits per heavy atom. The van der Waals surface area contributed by atoms with Crippen molar-refractivity contribution in [3.8, 4) is 5.75 Å². The van der Waals surface area contributed by atoms with Crippen molar-refractivity contribution in [3.63, 3.8) is 0 Å². The Kier molecular flexibility index (Phi) is 3.48. The van der Waals surface area contributed by atoms with Crippen molar-refractivity contribution in [2.45, 2.75) is 25.3 Å². The second-order valence-corrected chi connectivity index (χ2v) is 5.75. The first-order valence-corrected chi connectivity index (χ1v) is 7.32. The lowest BCUT2D eigenvalue weighted by molar-refractivity contribution is 0.0927. The summed E-state index contributed by atoms with van der Waals surface area (Å²) < 4.78 is 6.19. The molecule has 0 saturated carbocycles. The molecule has 5 heteroatoms. The summed E-state index contributed by atoms with van der Waals surface area (Å²) in [6.07, 6.45) is 3.18. The molecule has 1 aliphatic heterocycles. The number of hydrogen-bond donors (Lipinski definition) is 1. The number of nitrogens with one attached hydrogen (secondary N) is 1. The molecule has 4 nitrogen and oxygen atoms in total. The molecule has 0 aliphatic carbocycles. The molecule has 2 heterocycles. The van der Waals surface area contributed by atoms with E-state index in [1.54, 1.807) is 7.11 Å². The molecule has 1 aromatic heterocycles. The van der Waals surface area contributed by atoms with Crippen LogP contribution >= 0.6 is 11.3 Å². The quantitative estimate of drug-likeness (QED) is 0.876. The van der Waals surface area contributed by atoms with Gasteiger partial charge < -0.3 is 10.1 Å². The fourth-order valence-electron chi connectivity index (χ4n) is 2.36. The molecular formula is C14H16N2O2S. The number of methoxy groups -OCH3 is 1. The number of benzene rings is 1. The summed E-state index contributed by atoms with van der Waals surface area (Å²) in [5.41, 5.74) is 0.866. The van der Waals surface area contributed by atoms with Gasteiger partial charge in [-0.05, 0) is 37.6 Å². The van der Waals surface area contributed by atoms with Crippen LogP contribution in [-0.2, 0) is 0 Å². The second kappa shape index (κ2) is 5.27. The first kappa shape index (κ1) is 12.6. The van der Waals surface area contributed by atoms with Crippen molar-refractivity contribution in [2.24, 2.45) is 0 Å². The van der Waals surface area contributed by atoms with Crippen molar-refractivity contribution in [1.29, 1.82) is 0 Å². The van der Waals surface area contributed by atoms with E-state index in [2.05, 4.69) is 10.3 Å². The van der Waals surface area contributed by atoms with Gasteiger partial charge in [-0.3, -0.25) is 4.79 Å². The largest absolute Gasteiger partial charge is 0.497 e. The minimum Gasteiger partial charge on any atom is -0.497 e. The average Bonchev–Trinajstić information content (AvgIpc) is 2.90. The van der Waals surface area contributed by atoms with Crippen LogP contribution < -0.4 is 10.1 Å². The van der Waals surface area contributed by atoms with E-state index in [1.165, 1.54) is 11.3 Å². The fourth-order valence-corrected chi connectivity index (χ4v) is 3.35. The number of aromatic nitrogens is 1. The maximum Gasteiger partial charge on any atom is 0.208 e. The van der Waals surface area contributed by atoms with Gasteiger partial charge in [0.2, 0.25) is 5.78 Å². The summed E-state index contributed by atoms with van der Waals surface area (Å²) in [7, 11) is 1.64. The van der Waals surface area contributed by atoms with Crippen LogP contribution in [0.5, 0.6) is 5.75 Å². The maximum absolute atomic E-state index is 12.4. The Bertz CT molecular complexity index is 603. The van der Waals surface area contributed by atoms with Crippen molar-refractivity contribution in [1.82, 2.24) is 10.3 Å². The average molecular weight is 276 g/mol. The third-order valence-electron chi connectivity index (χ3n) is 3.43. The highest BCUT2D eigenvalue weighted by Gasteiger charge is 2.24. The van der Waals surface area contributed by atoms with E-state index in [4.69, 9.17) is 4.74 Å². The van der Waals surface area contributed by atoms with Crippen LogP contribution in [0.3, 0.4) is 0 Å². The Balaban J connectivity index is 1.89. The highest BCUT2D eigenvalue weighted by molar-refractivity contribution is 7.20. The third-order valence-corrected chi connectivity index (χ3v) is 4.47. The molecule has 1 unspecified atom stereocenters. The maximum atomic E-state index is 12.4. The lowest BCUT2D eigenvalue weighted by Gasteiger charge is -2.20. The van der Waals surface area contributed by atoms with Crippen LogP contribution in [0.4, 0.5) is 0 Å². The number of nitrogens with zero attached hydrogens (tertiary/aromatic N) is 1. The highest BCUT2D eigenvalue weighted by Crippen LogP contribution is 2.27. The zero-order valence-electron chi connectivity index (χ0n) is 10.8. The van der Waals surface area contributed by atoms with Gasteiger partial charge in [-0.15, -0.1) is 11.3 Å². The molecule has 3 rings (SSSR count). The zero-order chi connectivity index (χ0) is 13.2. The summed E-state index contributed by atoms with van der Waals surface area (Å²) in [6.45, 7) is 0.926. The summed E-state index contributed by atoms with van der Waals surface area (Å²) in [6, 6.07) is 5.64. The lowest BCUT2D eigenvalue weighted by atomic mass is 10.0. The molecular weight excluding hydrogens is 260 g/mol. The van der Waals surface area contributed by atoms with Gasteiger partial charge in [-0.25, -0.2) is 4.98 Å². The molecule has 1 fully saturated rings. The smallest absolute Gasteiger partial charge is 0.208 e. The topological polar surface area (TPSA) is 51.2 Å². The number of Topliss-reactive ketones (excluding diaryl/α,β-unsaturated/α-hetero) is 1. The fraction of sp³-hybridized carbons (Fsp3) is 0.429. The van der Waals surface area contributed by atoms with Gasteiger partial charge in [0.05, 0.1) is 23.4 Å². The van der Waals surface area contributed by atoms with Crippen molar-refractivity contribution < 1.29 is 9.53 Å². The molecule has 0 bridgehead atoms. The third kappa shape index (κ3) is 2.48. The first-order chi connectivity index (χ1) is 9.28. The summed E-state index contributed by atoms with van der Waals surface area (Å²) in [4.78, 5) is 16.8. The molecule has 1 atom stereocenters. The summed E-state index contributed by atoms with van der Waals surface area (Å²) in [5.74, 6) is 0.922. The van der Waals surface area contributed by atoms with Gasteiger partial charge in [0, 0.05) is 0 Å². The van der Waals surface area contributed by atoms with Gasteiger partial charge in [0.25, 0.3) is 0 Å². The van der Waals surface area contributed by atoms with Crippen LogP contribution in [0.2, 0.25) is 0 Å². The number of rotatable bonds is 3. The number of hydrogen-bond acceptors (Lipinski definition) is 5. The van der Waals surface area contributed by atoms with E-state index >= 15 is 0 Å². The minimum atomic E-state index is -0.0591. The normalized spacial score (nSPS) is 19.5. The highest BCUT2D eigenvalue weighted by atomic mass is 32.1. The molecule has 1 aromatic carbocycles. The lowest BCUT2D eigenvalue weighted by Crippen LogP contribution is -2.40. The second-order valence-electron chi connectivity index (χ2n) is 4.72. The number of carbonyl (C=O) groups excluding carboxylic acids is 1. The summed E-state index contributed by atoms with van der Waals surface area (Å²) in [5, 5.41) is 3.88. The number of ketones is 1. The molecule has 100 valence electrons. The Morgan fingerprint density at radius 1 is 1.47 bits per heavy atom. The predicted molar refractivity (Wildman–Crippen MR) is 76.1 cm³/mol. The number of thiazole rings is 1. The molecule has 19 heavy (non-hydrogen) atoms. The van der Waals surface area contributed by atoms with Crippen molar-refractivity contribution >= 4 is 27.3 Å². The van der Waals surface area contributed by atoms with Crippen LogP contribution in [-0.4, -0.2) is 30.5 Å². The van der Waals surface area contributed by atoms with Gasteiger partial charge in [-0.2, -0.15) is 0 Å².